The van der Waals surface area contributed by atoms with Crippen molar-refractivity contribution in [1.82, 2.24) is 9.80 Å². The van der Waals surface area contributed by atoms with Gasteiger partial charge in [0, 0.05) is 24.2 Å². The molecule has 0 bridgehead atoms. The Morgan fingerprint density at radius 3 is 2.34 bits per heavy atom. The summed E-state index contributed by atoms with van der Waals surface area (Å²) in [5.74, 6) is -0.364. The zero-order valence-electron chi connectivity index (χ0n) is 19.2. The van der Waals surface area contributed by atoms with Crippen LogP contribution in [0.1, 0.15) is 31.0 Å². The van der Waals surface area contributed by atoms with Crippen LogP contribution in [0.25, 0.3) is 5.76 Å². The molecule has 7 nitrogen and oxygen atoms in total. The molecule has 2 aromatic rings. The highest BCUT2D eigenvalue weighted by atomic mass is 16.5. The van der Waals surface area contributed by atoms with Gasteiger partial charge in [-0.3, -0.25) is 9.59 Å². The zero-order chi connectivity index (χ0) is 23.4. The Morgan fingerprint density at radius 1 is 1.09 bits per heavy atom. The van der Waals surface area contributed by atoms with Crippen molar-refractivity contribution in [2.75, 3.05) is 34.3 Å². The summed E-state index contributed by atoms with van der Waals surface area (Å²) in [7, 11) is 5.34. The van der Waals surface area contributed by atoms with E-state index in [1.54, 1.807) is 30.3 Å². The SMILES string of the molecule is COc1ccccc1[C@@H]1/C(=C(\O)c2ccc(OC(C)C)cc2)C(=O)C(=O)N1CCN(C)C. The smallest absolute Gasteiger partial charge is 0.295 e. The molecule has 0 saturated carbocycles. The second-order valence-electron chi connectivity index (χ2n) is 8.23. The van der Waals surface area contributed by atoms with Gasteiger partial charge < -0.3 is 24.4 Å². The van der Waals surface area contributed by atoms with E-state index in [2.05, 4.69) is 0 Å². The van der Waals surface area contributed by atoms with Crippen LogP contribution < -0.4 is 9.47 Å². The minimum absolute atomic E-state index is 0.0158. The molecule has 1 fully saturated rings. The van der Waals surface area contributed by atoms with Gasteiger partial charge in [-0.15, -0.1) is 0 Å². The number of likely N-dealkylation sites (tertiary alicyclic amines) is 1. The second-order valence-corrected chi connectivity index (χ2v) is 8.23. The lowest BCUT2D eigenvalue weighted by molar-refractivity contribution is -0.140. The number of ketones is 1. The molecule has 0 radical (unpaired) electrons. The average Bonchev–Trinajstić information content (AvgIpc) is 3.01. The van der Waals surface area contributed by atoms with Crippen molar-refractivity contribution in [2.24, 2.45) is 0 Å². The predicted octanol–water partition coefficient (Wildman–Crippen LogP) is 3.47. The van der Waals surface area contributed by atoms with Crippen LogP contribution in [0.15, 0.2) is 54.1 Å². The fraction of sp³-hybridized carbons (Fsp3) is 0.360. The van der Waals surface area contributed by atoms with Gasteiger partial charge in [0.05, 0.1) is 24.8 Å². The van der Waals surface area contributed by atoms with Crippen LogP contribution in [0.5, 0.6) is 11.5 Å². The first-order chi connectivity index (χ1) is 15.2. The van der Waals surface area contributed by atoms with Crippen LogP contribution in [0.2, 0.25) is 0 Å². The van der Waals surface area contributed by atoms with E-state index in [0.29, 0.717) is 35.7 Å². The summed E-state index contributed by atoms with van der Waals surface area (Å²) in [4.78, 5) is 29.5. The third-order valence-corrected chi connectivity index (χ3v) is 5.26. The van der Waals surface area contributed by atoms with E-state index in [9.17, 15) is 14.7 Å². The number of Topliss-reactive ketones (excluding diaryl/α,β-unsaturated/α-hetero) is 1. The maximum atomic E-state index is 13.1. The van der Waals surface area contributed by atoms with Crippen LogP contribution in [0, 0.1) is 0 Å². The molecular formula is C25H30N2O5. The number of carbonyl (C=O) groups excluding carboxylic acids is 2. The first kappa shape index (κ1) is 23.3. The Labute approximate surface area is 188 Å². The van der Waals surface area contributed by atoms with Gasteiger partial charge in [0.2, 0.25) is 0 Å². The molecule has 1 aliphatic rings. The number of methoxy groups -OCH3 is 1. The molecule has 7 heteroatoms. The molecule has 1 atom stereocenters. The largest absolute Gasteiger partial charge is 0.507 e. The number of carbonyl (C=O) groups is 2. The Bertz CT molecular complexity index is 1010. The van der Waals surface area contributed by atoms with Crippen molar-refractivity contribution in [1.29, 1.82) is 0 Å². The lowest BCUT2D eigenvalue weighted by Gasteiger charge is -2.27. The molecule has 32 heavy (non-hydrogen) atoms. The Morgan fingerprint density at radius 2 is 1.75 bits per heavy atom. The summed E-state index contributed by atoms with van der Waals surface area (Å²) in [6.07, 6.45) is 0.0158. The molecule has 0 aliphatic carbocycles. The molecule has 3 rings (SSSR count). The number of likely N-dealkylation sites (N-methyl/N-ethyl adjacent to an activating group) is 1. The molecule has 1 aliphatic heterocycles. The third-order valence-electron chi connectivity index (χ3n) is 5.26. The van der Waals surface area contributed by atoms with E-state index in [-0.39, 0.29) is 17.4 Å². The standard InChI is InChI=1S/C25H30N2O5/c1-16(2)32-18-12-10-17(11-13-18)23(28)21-22(19-8-6-7-9-20(19)31-5)27(15-14-26(3)4)25(30)24(21)29/h6-13,16,22,28H,14-15H2,1-5H3/b23-21+/t22-/m1/s1. The van der Waals surface area contributed by atoms with Crippen molar-refractivity contribution < 1.29 is 24.2 Å². The summed E-state index contributed by atoms with van der Waals surface area (Å²) >= 11 is 0. The number of aliphatic hydroxyl groups excluding tert-OH is 1. The number of amides is 1. The summed E-state index contributed by atoms with van der Waals surface area (Å²) in [6, 6.07) is 13.3. The number of para-hydroxylation sites is 1. The lowest BCUT2D eigenvalue weighted by Crippen LogP contribution is -2.35. The third kappa shape index (κ3) is 4.78. The van der Waals surface area contributed by atoms with Crippen molar-refractivity contribution in [2.45, 2.75) is 26.0 Å². The van der Waals surface area contributed by atoms with Crippen molar-refractivity contribution in [3.63, 3.8) is 0 Å². The fourth-order valence-corrected chi connectivity index (χ4v) is 3.75. The number of nitrogens with zero attached hydrogens (tertiary/aromatic N) is 2. The van der Waals surface area contributed by atoms with Gasteiger partial charge in [-0.25, -0.2) is 0 Å². The minimum Gasteiger partial charge on any atom is -0.507 e. The first-order valence-electron chi connectivity index (χ1n) is 10.6. The molecule has 1 N–H and O–H groups in total. The first-order valence-corrected chi connectivity index (χ1v) is 10.6. The van der Waals surface area contributed by atoms with Crippen molar-refractivity contribution in [3.05, 3.63) is 65.2 Å². The molecule has 1 amide bonds. The van der Waals surface area contributed by atoms with E-state index in [0.717, 1.165) is 0 Å². The highest BCUT2D eigenvalue weighted by Crippen LogP contribution is 2.42. The summed E-state index contributed by atoms with van der Waals surface area (Å²) in [5.41, 5.74) is 1.14. The normalized spacial score (nSPS) is 18.0. The number of hydrogen-bond acceptors (Lipinski definition) is 6. The second kappa shape index (κ2) is 9.87. The van der Waals surface area contributed by atoms with Gasteiger partial charge >= 0.3 is 0 Å². The Kier molecular flexibility index (Phi) is 7.20. The van der Waals surface area contributed by atoms with E-state index in [4.69, 9.17) is 9.47 Å². The van der Waals surface area contributed by atoms with Gasteiger partial charge in [0.15, 0.2) is 0 Å². The lowest BCUT2D eigenvalue weighted by atomic mass is 9.94. The molecule has 0 unspecified atom stereocenters. The summed E-state index contributed by atoms with van der Waals surface area (Å²) < 4.78 is 11.2. The molecule has 1 saturated heterocycles. The van der Waals surface area contributed by atoms with Crippen LogP contribution in [0.3, 0.4) is 0 Å². The van der Waals surface area contributed by atoms with Crippen LogP contribution in [-0.4, -0.2) is 67.0 Å². The minimum atomic E-state index is -0.752. The number of ether oxygens (including phenoxy) is 2. The molecule has 0 spiro atoms. The van der Waals surface area contributed by atoms with E-state index >= 15 is 0 Å². The summed E-state index contributed by atoms with van der Waals surface area (Å²) in [5, 5.41) is 11.2. The molecule has 1 heterocycles. The average molecular weight is 439 g/mol. The van der Waals surface area contributed by atoms with Gasteiger partial charge in [-0.05, 0) is 58.3 Å². The Balaban J connectivity index is 2.12. The maximum absolute atomic E-state index is 13.1. The molecule has 0 aromatic heterocycles. The molecule has 170 valence electrons. The number of benzene rings is 2. The van der Waals surface area contributed by atoms with Crippen molar-refractivity contribution in [3.8, 4) is 11.5 Å². The monoisotopic (exact) mass is 438 g/mol. The van der Waals surface area contributed by atoms with E-state index < -0.39 is 17.7 Å². The highest BCUT2D eigenvalue weighted by Gasteiger charge is 2.46. The van der Waals surface area contributed by atoms with Gasteiger partial charge in [0.1, 0.15) is 17.3 Å². The fourth-order valence-electron chi connectivity index (χ4n) is 3.75. The van der Waals surface area contributed by atoms with Crippen LogP contribution in [-0.2, 0) is 9.59 Å². The van der Waals surface area contributed by atoms with Gasteiger partial charge in [0.25, 0.3) is 11.7 Å². The Hall–Kier alpha value is -3.32. The summed E-state index contributed by atoms with van der Waals surface area (Å²) in [6.45, 7) is 4.75. The highest BCUT2D eigenvalue weighted by molar-refractivity contribution is 6.46. The van der Waals surface area contributed by atoms with Crippen molar-refractivity contribution >= 4 is 17.4 Å². The quantitative estimate of drug-likeness (QED) is 0.386. The zero-order valence-corrected chi connectivity index (χ0v) is 19.2. The van der Waals surface area contributed by atoms with E-state index in [1.807, 2.05) is 51.0 Å². The van der Waals surface area contributed by atoms with Gasteiger partial charge in [-0.2, -0.15) is 0 Å². The van der Waals surface area contributed by atoms with Crippen LogP contribution in [0.4, 0.5) is 0 Å². The number of rotatable bonds is 8. The van der Waals surface area contributed by atoms with Crippen LogP contribution >= 0.6 is 0 Å². The number of hydrogen-bond donors (Lipinski definition) is 1. The van der Waals surface area contributed by atoms with E-state index in [1.165, 1.54) is 12.0 Å². The molecule has 2 aromatic carbocycles. The predicted molar refractivity (Wildman–Crippen MR) is 123 cm³/mol. The molecular weight excluding hydrogens is 408 g/mol. The topological polar surface area (TPSA) is 79.3 Å². The number of aliphatic hydroxyl groups is 1. The maximum Gasteiger partial charge on any atom is 0.295 e. The van der Waals surface area contributed by atoms with Gasteiger partial charge in [-0.1, -0.05) is 18.2 Å².